The number of imide groups is 1. The van der Waals surface area contributed by atoms with Crippen LogP contribution in [0.5, 0.6) is 0 Å². The van der Waals surface area contributed by atoms with Crippen molar-refractivity contribution in [3.05, 3.63) is 29.8 Å². The van der Waals surface area contributed by atoms with Gasteiger partial charge in [-0.1, -0.05) is 32.9 Å². The summed E-state index contributed by atoms with van der Waals surface area (Å²) in [6.07, 6.45) is 0. The van der Waals surface area contributed by atoms with E-state index in [1.165, 1.54) is 0 Å². The van der Waals surface area contributed by atoms with Crippen LogP contribution in [0.25, 0.3) is 0 Å². The maximum absolute atomic E-state index is 12.0. The molecule has 1 aromatic rings. The number of amides is 4. The van der Waals surface area contributed by atoms with Gasteiger partial charge in [-0.15, -0.1) is 0 Å². The van der Waals surface area contributed by atoms with Gasteiger partial charge in [0.2, 0.25) is 5.91 Å². The molecule has 1 atom stereocenters. The molecule has 1 unspecified atom stereocenters. The lowest BCUT2D eigenvalue weighted by molar-refractivity contribution is -0.124. The average Bonchev–Trinajstić information content (AvgIpc) is 2.63. The molecule has 21 heavy (non-hydrogen) atoms. The van der Waals surface area contributed by atoms with Crippen LogP contribution in [0.15, 0.2) is 24.3 Å². The van der Waals surface area contributed by atoms with Crippen molar-refractivity contribution in [3.63, 3.8) is 0 Å². The number of carbonyl (C=O) groups excluding carboxylic acids is 3. The Balaban J connectivity index is 2.29. The topological polar surface area (TPSA) is 87.3 Å². The van der Waals surface area contributed by atoms with Gasteiger partial charge in [-0.2, -0.15) is 0 Å². The van der Waals surface area contributed by atoms with Crippen molar-refractivity contribution in [1.29, 1.82) is 0 Å². The lowest BCUT2D eigenvalue weighted by Gasteiger charge is -2.23. The first-order chi connectivity index (χ1) is 9.63. The third-order valence-electron chi connectivity index (χ3n) is 3.42. The van der Waals surface area contributed by atoms with Crippen LogP contribution in [0.2, 0.25) is 0 Å². The second-order valence-corrected chi connectivity index (χ2v) is 6.32. The van der Waals surface area contributed by atoms with Gasteiger partial charge in [0, 0.05) is 11.1 Å². The molecule has 1 aromatic carbocycles. The van der Waals surface area contributed by atoms with E-state index in [4.69, 9.17) is 0 Å². The molecule has 0 saturated carbocycles. The van der Waals surface area contributed by atoms with E-state index in [-0.39, 0.29) is 5.91 Å². The molecule has 0 bridgehead atoms. The van der Waals surface area contributed by atoms with Gasteiger partial charge in [0.15, 0.2) is 0 Å². The lowest BCUT2D eigenvalue weighted by Crippen LogP contribution is -2.40. The van der Waals surface area contributed by atoms with Crippen molar-refractivity contribution in [3.8, 4) is 0 Å². The summed E-state index contributed by atoms with van der Waals surface area (Å²) in [6, 6.07) is 6.38. The van der Waals surface area contributed by atoms with Gasteiger partial charge in [-0.05, 0) is 24.6 Å². The number of urea groups is 1. The Labute approximate surface area is 123 Å². The van der Waals surface area contributed by atoms with E-state index < -0.39 is 22.9 Å². The summed E-state index contributed by atoms with van der Waals surface area (Å²) in [5, 5.41) is 7.61. The Bertz CT molecular complexity index is 619. The molecular weight excluding hydrogens is 270 g/mol. The average molecular weight is 289 g/mol. The third-order valence-corrected chi connectivity index (χ3v) is 3.42. The highest BCUT2D eigenvalue weighted by Gasteiger charge is 2.43. The van der Waals surface area contributed by atoms with Crippen LogP contribution in [-0.4, -0.2) is 17.8 Å². The first-order valence-electron chi connectivity index (χ1n) is 6.68. The molecule has 1 aliphatic rings. The largest absolute Gasteiger partial charge is 0.326 e. The highest BCUT2D eigenvalue weighted by molar-refractivity contribution is 6.07. The first-order valence-corrected chi connectivity index (χ1v) is 6.68. The summed E-state index contributed by atoms with van der Waals surface area (Å²) in [5.41, 5.74) is -0.446. The number of carbonyl (C=O) groups is 3. The highest BCUT2D eigenvalue weighted by Crippen LogP contribution is 2.27. The Morgan fingerprint density at radius 2 is 1.90 bits per heavy atom. The molecule has 0 radical (unpaired) electrons. The zero-order valence-electron chi connectivity index (χ0n) is 12.5. The van der Waals surface area contributed by atoms with Gasteiger partial charge in [0.05, 0.1) is 0 Å². The van der Waals surface area contributed by atoms with Crippen LogP contribution in [-0.2, 0) is 15.1 Å². The number of benzene rings is 1. The summed E-state index contributed by atoms with van der Waals surface area (Å²) >= 11 is 0. The minimum Gasteiger partial charge on any atom is -0.326 e. The van der Waals surface area contributed by atoms with Crippen LogP contribution in [0.3, 0.4) is 0 Å². The quantitative estimate of drug-likeness (QED) is 0.724. The van der Waals surface area contributed by atoms with Gasteiger partial charge in [0.25, 0.3) is 5.91 Å². The van der Waals surface area contributed by atoms with E-state index in [1.807, 2.05) is 20.8 Å². The van der Waals surface area contributed by atoms with Gasteiger partial charge >= 0.3 is 6.03 Å². The SMILES string of the molecule is CC(C)(C)C(=O)Nc1cccc(C2(C)NC(=O)NC2=O)c1. The minimum absolute atomic E-state index is 0.121. The molecular formula is C15H19N3O3. The smallest absolute Gasteiger partial charge is 0.322 e. The molecule has 6 nitrogen and oxygen atoms in total. The molecule has 1 saturated heterocycles. The predicted octanol–water partition coefficient (Wildman–Crippen LogP) is 1.73. The van der Waals surface area contributed by atoms with Crippen molar-refractivity contribution < 1.29 is 14.4 Å². The fourth-order valence-corrected chi connectivity index (χ4v) is 1.97. The van der Waals surface area contributed by atoms with E-state index >= 15 is 0 Å². The third kappa shape index (κ3) is 2.89. The Hall–Kier alpha value is -2.37. The van der Waals surface area contributed by atoms with E-state index in [9.17, 15) is 14.4 Å². The van der Waals surface area contributed by atoms with Crippen LogP contribution in [0.1, 0.15) is 33.3 Å². The number of rotatable bonds is 2. The number of hydrogen-bond donors (Lipinski definition) is 3. The van der Waals surface area contributed by atoms with Crippen molar-refractivity contribution in [1.82, 2.24) is 10.6 Å². The molecule has 0 aromatic heterocycles. The van der Waals surface area contributed by atoms with Crippen molar-refractivity contribution >= 4 is 23.5 Å². The van der Waals surface area contributed by atoms with E-state index in [2.05, 4.69) is 16.0 Å². The van der Waals surface area contributed by atoms with Crippen molar-refractivity contribution in [2.24, 2.45) is 5.41 Å². The van der Waals surface area contributed by atoms with E-state index in [1.54, 1.807) is 31.2 Å². The number of hydrogen-bond acceptors (Lipinski definition) is 3. The summed E-state index contributed by atoms with van der Waals surface area (Å²) in [7, 11) is 0. The minimum atomic E-state index is -1.13. The summed E-state index contributed by atoms with van der Waals surface area (Å²) in [5.74, 6) is -0.531. The molecule has 2 rings (SSSR count). The van der Waals surface area contributed by atoms with Crippen LogP contribution < -0.4 is 16.0 Å². The highest BCUT2D eigenvalue weighted by atomic mass is 16.2. The van der Waals surface area contributed by atoms with E-state index in [0.29, 0.717) is 11.3 Å². The van der Waals surface area contributed by atoms with Crippen molar-refractivity contribution in [2.45, 2.75) is 33.2 Å². The second-order valence-electron chi connectivity index (χ2n) is 6.32. The monoisotopic (exact) mass is 289 g/mol. The molecule has 3 N–H and O–H groups in total. The second kappa shape index (κ2) is 4.87. The zero-order valence-corrected chi connectivity index (χ0v) is 12.5. The Morgan fingerprint density at radius 1 is 1.24 bits per heavy atom. The van der Waals surface area contributed by atoms with Crippen LogP contribution >= 0.6 is 0 Å². The lowest BCUT2D eigenvalue weighted by atomic mass is 9.91. The maximum Gasteiger partial charge on any atom is 0.322 e. The molecule has 112 valence electrons. The fraction of sp³-hybridized carbons (Fsp3) is 0.400. The number of nitrogens with one attached hydrogen (secondary N) is 3. The van der Waals surface area contributed by atoms with Gasteiger partial charge in [-0.25, -0.2) is 4.79 Å². The Kier molecular flexibility index (Phi) is 3.49. The van der Waals surface area contributed by atoms with Crippen LogP contribution in [0.4, 0.5) is 10.5 Å². The summed E-state index contributed by atoms with van der Waals surface area (Å²) in [4.78, 5) is 35.2. The normalized spacial score (nSPS) is 21.7. The summed E-state index contributed by atoms with van der Waals surface area (Å²) < 4.78 is 0. The molecule has 1 aliphatic heterocycles. The van der Waals surface area contributed by atoms with Gasteiger partial charge in [-0.3, -0.25) is 14.9 Å². The zero-order chi connectivity index (χ0) is 15.8. The molecule has 0 spiro atoms. The van der Waals surface area contributed by atoms with E-state index in [0.717, 1.165) is 0 Å². The standard InChI is InChI=1S/C15H19N3O3/c1-14(2,3)11(19)16-10-7-5-6-9(8-10)15(4)12(20)17-13(21)18-15/h5-8H,1-4H3,(H,16,19)(H2,17,18,20,21). The van der Waals surface area contributed by atoms with Gasteiger partial charge in [0.1, 0.15) is 5.54 Å². The summed E-state index contributed by atoms with van der Waals surface area (Å²) in [6.45, 7) is 7.08. The molecule has 1 heterocycles. The maximum atomic E-state index is 12.0. The number of anilines is 1. The van der Waals surface area contributed by atoms with Gasteiger partial charge < -0.3 is 10.6 Å². The van der Waals surface area contributed by atoms with Crippen LogP contribution in [0, 0.1) is 5.41 Å². The molecule has 1 fully saturated rings. The van der Waals surface area contributed by atoms with Crippen molar-refractivity contribution in [2.75, 3.05) is 5.32 Å². The molecule has 6 heteroatoms. The molecule has 0 aliphatic carbocycles. The fourth-order valence-electron chi connectivity index (χ4n) is 1.97. The Morgan fingerprint density at radius 3 is 2.43 bits per heavy atom. The predicted molar refractivity (Wildman–Crippen MR) is 78.6 cm³/mol. The molecule has 4 amide bonds. The first kappa shape index (κ1) is 15.0.